The van der Waals surface area contributed by atoms with Crippen molar-refractivity contribution in [1.82, 2.24) is 15.4 Å². The lowest BCUT2D eigenvalue weighted by Gasteiger charge is -2.21. The molecule has 2 rings (SSSR count). The SMILES string of the molecule is CCNC(=NCC(C)(O)c1cc(C)oc1C)NCCNS(=O)(=O)c1cccs1.I. The molecule has 0 aliphatic rings. The number of guanidine groups is 1. The lowest BCUT2D eigenvalue weighted by molar-refractivity contribution is 0.0657. The number of rotatable bonds is 9. The molecule has 0 aliphatic heterocycles. The number of hydrogen-bond donors (Lipinski definition) is 4. The molecule has 0 fully saturated rings. The molecule has 1 unspecified atom stereocenters. The van der Waals surface area contributed by atoms with Crippen molar-refractivity contribution in [1.29, 1.82) is 0 Å². The molecule has 2 heterocycles. The Morgan fingerprint density at radius 1 is 1.31 bits per heavy atom. The summed E-state index contributed by atoms with van der Waals surface area (Å²) in [6.45, 7) is 8.58. The highest BCUT2D eigenvalue weighted by atomic mass is 127. The zero-order chi connectivity index (χ0) is 20.8. The molecule has 164 valence electrons. The normalized spacial score (nSPS) is 14.2. The number of thiophene rings is 1. The summed E-state index contributed by atoms with van der Waals surface area (Å²) in [4.78, 5) is 4.42. The van der Waals surface area contributed by atoms with E-state index in [0.29, 0.717) is 30.4 Å². The van der Waals surface area contributed by atoms with Gasteiger partial charge in [0.1, 0.15) is 21.3 Å². The van der Waals surface area contributed by atoms with E-state index in [4.69, 9.17) is 4.42 Å². The van der Waals surface area contributed by atoms with Crippen LogP contribution in [0.15, 0.2) is 37.2 Å². The lowest BCUT2D eigenvalue weighted by Crippen LogP contribution is -2.42. The number of sulfonamides is 1. The fraction of sp³-hybridized carbons (Fsp3) is 0.500. The van der Waals surface area contributed by atoms with E-state index >= 15 is 0 Å². The van der Waals surface area contributed by atoms with Gasteiger partial charge in [0.2, 0.25) is 10.0 Å². The number of hydrogen-bond acceptors (Lipinski definition) is 6. The number of aliphatic imine (C=N–C) groups is 1. The van der Waals surface area contributed by atoms with E-state index in [9.17, 15) is 13.5 Å². The minimum atomic E-state index is -3.48. The van der Waals surface area contributed by atoms with E-state index in [1.807, 2.05) is 26.8 Å². The van der Waals surface area contributed by atoms with Gasteiger partial charge in [-0.1, -0.05) is 6.07 Å². The van der Waals surface area contributed by atoms with Crippen LogP contribution >= 0.6 is 35.3 Å². The molecular weight excluding hydrogens is 527 g/mol. The molecule has 4 N–H and O–H groups in total. The van der Waals surface area contributed by atoms with Gasteiger partial charge in [-0.15, -0.1) is 35.3 Å². The summed E-state index contributed by atoms with van der Waals surface area (Å²) in [5, 5.41) is 18.6. The first-order chi connectivity index (χ1) is 13.2. The van der Waals surface area contributed by atoms with Crippen LogP contribution in [-0.2, 0) is 15.6 Å². The van der Waals surface area contributed by atoms with Crippen molar-refractivity contribution >= 4 is 51.3 Å². The van der Waals surface area contributed by atoms with Gasteiger partial charge in [0, 0.05) is 25.2 Å². The molecule has 0 radical (unpaired) electrons. The minimum absolute atomic E-state index is 0. The number of nitrogens with zero attached hydrogens (tertiary/aromatic N) is 1. The predicted molar refractivity (Wildman–Crippen MR) is 127 cm³/mol. The van der Waals surface area contributed by atoms with Gasteiger partial charge in [-0.05, 0) is 45.2 Å². The maximum absolute atomic E-state index is 12.1. The quantitative estimate of drug-likeness (QED) is 0.163. The fourth-order valence-corrected chi connectivity index (χ4v) is 4.75. The van der Waals surface area contributed by atoms with E-state index in [1.165, 1.54) is 11.3 Å². The summed E-state index contributed by atoms with van der Waals surface area (Å²) < 4.78 is 32.5. The standard InChI is InChI=1S/C18H28N4O4S2.HI/c1-5-19-17(20-8-9-22-28(24,25)16-7-6-10-27-16)21-12-18(4,23)15-11-13(2)26-14(15)3;/h6-7,10-11,22-23H,5,8-9,12H2,1-4H3,(H2,19,20,21);1H. The predicted octanol–water partition coefficient (Wildman–Crippen LogP) is 2.32. The molecule has 0 aliphatic carbocycles. The van der Waals surface area contributed by atoms with Gasteiger partial charge in [-0.25, -0.2) is 18.1 Å². The average molecular weight is 556 g/mol. The fourth-order valence-electron chi connectivity index (χ4n) is 2.68. The van der Waals surface area contributed by atoms with Gasteiger partial charge >= 0.3 is 0 Å². The molecule has 11 heteroatoms. The van der Waals surface area contributed by atoms with Crippen LogP contribution in [-0.4, -0.2) is 45.7 Å². The number of nitrogens with one attached hydrogen (secondary N) is 3. The van der Waals surface area contributed by atoms with Crippen molar-refractivity contribution in [3.8, 4) is 0 Å². The summed E-state index contributed by atoms with van der Waals surface area (Å²) in [5.74, 6) is 1.90. The van der Waals surface area contributed by atoms with E-state index in [1.54, 1.807) is 24.4 Å². The molecular formula is C18H29IN4O4S2. The molecule has 0 amide bonds. The first-order valence-electron chi connectivity index (χ1n) is 9.01. The zero-order valence-electron chi connectivity index (χ0n) is 17.0. The lowest BCUT2D eigenvalue weighted by atomic mass is 9.96. The van der Waals surface area contributed by atoms with E-state index in [2.05, 4.69) is 20.3 Å². The van der Waals surface area contributed by atoms with Crippen LogP contribution < -0.4 is 15.4 Å². The monoisotopic (exact) mass is 556 g/mol. The highest BCUT2D eigenvalue weighted by Crippen LogP contribution is 2.27. The highest BCUT2D eigenvalue weighted by Gasteiger charge is 2.27. The Morgan fingerprint density at radius 2 is 2.03 bits per heavy atom. The first kappa shape index (κ1) is 25.9. The van der Waals surface area contributed by atoms with Crippen LogP contribution in [0.25, 0.3) is 0 Å². The van der Waals surface area contributed by atoms with E-state index in [-0.39, 0.29) is 41.3 Å². The van der Waals surface area contributed by atoms with E-state index in [0.717, 1.165) is 5.76 Å². The first-order valence-corrected chi connectivity index (χ1v) is 11.4. The maximum atomic E-state index is 12.1. The van der Waals surface area contributed by atoms with Crippen molar-refractivity contribution in [3.05, 3.63) is 40.7 Å². The zero-order valence-corrected chi connectivity index (χ0v) is 20.9. The number of halogens is 1. The summed E-state index contributed by atoms with van der Waals surface area (Å²) >= 11 is 1.17. The Balaban J connectivity index is 0.00000420. The van der Waals surface area contributed by atoms with Gasteiger partial charge in [0.25, 0.3) is 0 Å². The number of aliphatic hydroxyl groups is 1. The molecule has 8 nitrogen and oxygen atoms in total. The van der Waals surface area contributed by atoms with Crippen LogP contribution in [0.5, 0.6) is 0 Å². The second kappa shape index (κ2) is 11.3. The van der Waals surface area contributed by atoms with Gasteiger partial charge < -0.3 is 20.2 Å². The third-order valence-corrected chi connectivity index (χ3v) is 6.84. The van der Waals surface area contributed by atoms with E-state index < -0.39 is 15.6 Å². The van der Waals surface area contributed by atoms with Crippen LogP contribution in [0.3, 0.4) is 0 Å². The second-order valence-electron chi connectivity index (χ2n) is 6.55. The van der Waals surface area contributed by atoms with Gasteiger partial charge in [-0.2, -0.15) is 0 Å². The van der Waals surface area contributed by atoms with Gasteiger partial charge in [-0.3, -0.25) is 0 Å². The third kappa shape index (κ3) is 7.55. The summed E-state index contributed by atoms with van der Waals surface area (Å²) in [6, 6.07) is 5.07. The summed E-state index contributed by atoms with van der Waals surface area (Å²) in [5.41, 5.74) is -0.474. The summed E-state index contributed by atoms with van der Waals surface area (Å²) in [6.07, 6.45) is 0. The second-order valence-corrected chi connectivity index (χ2v) is 9.49. The molecule has 0 aromatic carbocycles. The van der Waals surface area contributed by atoms with Gasteiger partial charge in [0.15, 0.2) is 5.96 Å². The Kier molecular flexibility index (Phi) is 10.1. The molecule has 29 heavy (non-hydrogen) atoms. The Bertz CT molecular complexity index is 893. The molecule has 1 atom stereocenters. The minimum Gasteiger partial charge on any atom is -0.466 e. The van der Waals surface area contributed by atoms with Crippen molar-refractivity contribution in [2.45, 2.75) is 37.5 Å². The topological polar surface area (TPSA) is 116 Å². The number of aryl methyl sites for hydroxylation is 2. The molecule has 0 bridgehead atoms. The van der Waals surface area contributed by atoms with Crippen molar-refractivity contribution < 1.29 is 17.9 Å². The average Bonchev–Trinajstić information content (AvgIpc) is 3.27. The third-order valence-electron chi connectivity index (χ3n) is 3.98. The molecule has 0 saturated carbocycles. The smallest absolute Gasteiger partial charge is 0.250 e. The summed E-state index contributed by atoms with van der Waals surface area (Å²) in [7, 11) is -3.48. The maximum Gasteiger partial charge on any atom is 0.250 e. The molecule has 2 aromatic heterocycles. The molecule has 2 aromatic rings. The van der Waals surface area contributed by atoms with Crippen LogP contribution in [0.2, 0.25) is 0 Å². The molecule has 0 saturated heterocycles. The van der Waals surface area contributed by atoms with Gasteiger partial charge in [0.05, 0.1) is 6.54 Å². The largest absolute Gasteiger partial charge is 0.466 e. The Morgan fingerprint density at radius 3 is 2.59 bits per heavy atom. The number of furan rings is 1. The Hall–Kier alpha value is -1.15. The Labute approximate surface area is 193 Å². The van der Waals surface area contributed by atoms with Crippen molar-refractivity contribution in [2.75, 3.05) is 26.2 Å². The van der Waals surface area contributed by atoms with Crippen molar-refractivity contribution in [3.63, 3.8) is 0 Å². The van der Waals surface area contributed by atoms with Crippen LogP contribution in [0, 0.1) is 13.8 Å². The highest BCUT2D eigenvalue weighted by molar-refractivity contribution is 14.0. The van der Waals surface area contributed by atoms with Crippen LogP contribution in [0.4, 0.5) is 0 Å². The van der Waals surface area contributed by atoms with Crippen LogP contribution in [0.1, 0.15) is 30.9 Å². The van der Waals surface area contributed by atoms with Crippen molar-refractivity contribution in [2.24, 2.45) is 4.99 Å². The molecule has 0 spiro atoms.